The van der Waals surface area contributed by atoms with Crippen LogP contribution in [0.25, 0.3) is 0 Å². The van der Waals surface area contributed by atoms with Crippen LogP contribution in [-0.4, -0.2) is 36.8 Å². The zero-order valence-electron chi connectivity index (χ0n) is 14.1. The number of ether oxygens (including phenoxy) is 1. The maximum Gasteiger partial charge on any atom is 0.120 e. The van der Waals surface area contributed by atoms with Gasteiger partial charge in [-0.15, -0.1) is 12.4 Å². The molecule has 1 rings (SSSR count). The van der Waals surface area contributed by atoms with E-state index in [2.05, 4.69) is 11.8 Å². The lowest BCUT2D eigenvalue weighted by Crippen LogP contribution is -2.38. The fourth-order valence-corrected chi connectivity index (χ4v) is 2.65. The van der Waals surface area contributed by atoms with Crippen LogP contribution in [0.2, 0.25) is 0 Å². The molecule has 3 nitrogen and oxygen atoms in total. The lowest BCUT2D eigenvalue weighted by Gasteiger charge is -2.35. The van der Waals surface area contributed by atoms with Gasteiger partial charge in [-0.05, 0) is 52.1 Å². The molecule has 0 saturated heterocycles. The molecule has 0 bridgehead atoms. The van der Waals surface area contributed by atoms with Gasteiger partial charge in [-0.2, -0.15) is 0 Å². The molecule has 0 aromatic heterocycles. The summed E-state index contributed by atoms with van der Waals surface area (Å²) in [6.07, 6.45) is 0.826. The molecular weight excluding hydrogens is 286 g/mol. The molecule has 0 aliphatic rings. The van der Waals surface area contributed by atoms with Crippen molar-refractivity contribution >= 4 is 12.4 Å². The van der Waals surface area contributed by atoms with Gasteiger partial charge in [0.2, 0.25) is 0 Å². The Bertz CT molecular complexity index is 423. The molecular formula is C17H30ClNO2. The summed E-state index contributed by atoms with van der Waals surface area (Å²) in [5, 5.41) is 11.1. The molecule has 0 unspecified atom stereocenters. The molecule has 21 heavy (non-hydrogen) atoms. The topological polar surface area (TPSA) is 32.7 Å². The number of nitrogens with zero attached hydrogens (tertiary/aromatic N) is 1. The number of benzene rings is 1. The van der Waals surface area contributed by atoms with Crippen molar-refractivity contribution in [1.29, 1.82) is 0 Å². The number of hydrogen-bond donors (Lipinski definition) is 1. The van der Waals surface area contributed by atoms with Gasteiger partial charge in [-0.25, -0.2) is 0 Å². The zero-order chi connectivity index (χ0) is 15.3. The summed E-state index contributed by atoms with van der Waals surface area (Å²) in [5.74, 6) is 0.971. The number of rotatable bonds is 7. The standard InChI is InChI=1S/C17H29NO2.ClH/c1-7-17(19,14(4)12-18(5)6)15-9-8-10-16(11-15)20-13(2)3;/h8-11,13-14,19H,7,12H2,1-6H3;1H/t14-,17-;/m1./s1. The van der Waals surface area contributed by atoms with Gasteiger partial charge in [0, 0.05) is 12.5 Å². The molecule has 0 aliphatic heterocycles. The van der Waals surface area contributed by atoms with Crippen molar-refractivity contribution in [3.8, 4) is 5.75 Å². The molecule has 0 spiro atoms. The zero-order valence-corrected chi connectivity index (χ0v) is 14.9. The molecule has 0 saturated carbocycles. The average Bonchev–Trinajstić information content (AvgIpc) is 2.36. The molecule has 0 radical (unpaired) electrons. The normalized spacial score (nSPS) is 15.5. The van der Waals surface area contributed by atoms with Crippen LogP contribution >= 0.6 is 12.4 Å². The summed E-state index contributed by atoms with van der Waals surface area (Å²) in [6.45, 7) is 8.99. The molecule has 122 valence electrons. The van der Waals surface area contributed by atoms with E-state index in [0.29, 0.717) is 6.42 Å². The summed E-state index contributed by atoms with van der Waals surface area (Å²) in [5.41, 5.74) is 0.119. The smallest absolute Gasteiger partial charge is 0.120 e. The summed E-state index contributed by atoms with van der Waals surface area (Å²) < 4.78 is 5.73. The Morgan fingerprint density at radius 2 is 1.86 bits per heavy atom. The molecule has 4 heteroatoms. The molecule has 0 fully saturated rings. The molecule has 0 amide bonds. The Hall–Kier alpha value is -0.770. The third kappa shape index (κ3) is 5.50. The Balaban J connectivity index is 0.00000400. The summed E-state index contributed by atoms with van der Waals surface area (Å²) in [4.78, 5) is 2.11. The highest BCUT2D eigenvalue weighted by molar-refractivity contribution is 5.85. The third-order valence-corrected chi connectivity index (χ3v) is 3.70. The van der Waals surface area contributed by atoms with Crippen molar-refractivity contribution in [1.82, 2.24) is 4.90 Å². The van der Waals surface area contributed by atoms with Crippen LogP contribution in [0.4, 0.5) is 0 Å². The van der Waals surface area contributed by atoms with E-state index in [9.17, 15) is 5.11 Å². The predicted octanol–water partition coefficient (Wildman–Crippen LogP) is 3.69. The lowest BCUT2D eigenvalue weighted by molar-refractivity contribution is -0.0293. The predicted molar refractivity (Wildman–Crippen MR) is 91.4 cm³/mol. The van der Waals surface area contributed by atoms with Gasteiger partial charge >= 0.3 is 0 Å². The number of aliphatic hydroxyl groups is 1. The summed E-state index contributed by atoms with van der Waals surface area (Å²) in [7, 11) is 4.07. The van der Waals surface area contributed by atoms with E-state index in [1.54, 1.807) is 0 Å². The van der Waals surface area contributed by atoms with Gasteiger partial charge in [0.1, 0.15) is 5.75 Å². The van der Waals surface area contributed by atoms with Gasteiger partial charge in [0.15, 0.2) is 0 Å². The van der Waals surface area contributed by atoms with E-state index in [1.165, 1.54) is 0 Å². The Morgan fingerprint density at radius 3 is 2.33 bits per heavy atom. The Morgan fingerprint density at radius 1 is 1.24 bits per heavy atom. The van der Waals surface area contributed by atoms with Crippen molar-refractivity contribution < 1.29 is 9.84 Å². The van der Waals surface area contributed by atoms with Gasteiger partial charge in [-0.3, -0.25) is 0 Å². The summed E-state index contributed by atoms with van der Waals surface area (Å²) in [6, 6.07) is 7.85. The second-order valence-corrected chi connectivity index (χ2v) is 6.14. The highest BCUT2D eigenvalue weighted by atomic mass is 35.5. The number of halogens is 1. The SMILES string of the molecule is CC[C@](O)(c1cccc(OC(C)C)c1)[C@H](C)CN(C)C.Cl. The van der Waals surface area contributed by atoms with Gasteiger partial charge in [0.25, 0.3) is 0 Å². The van der Waals surface area contributed by atoms with Crippen LogP contribution in [0.5, 0.6) is 5.75 Å². The second kappa shape index (κ2) is 8.62. The van der Waals surface area contributed by atoms with Crippen LogP contribution in [0, 0.1) is 5.92 Å². The first-order valence-electron chi connectivity index (χ1n) is 7.44. The van der Waals surface area contributed by atoms with E-state index in [0.717, 1.165) is 17.9 Å². The van der Waals surface area contributed by atoms with Gasteiger partial charge < -0.3 is 14.7 Å². The van der Waals surface area contributed by atoms with Crippen molar-refractivity contribution in [3.05, 3.63) is 29.8 Å². The first-order chi connectivity index (χ1) is 9.29. The molecule has 0 aliphatic carbocycles. The van der Waals surface area contributed by atoms with E-state index >= 15 is 0 Å². The third-order valence-electron chi connectivity index (χ3n) is 3.70. The van der Waals surface area contributed by atoms with Crippen LogP contribution in [0.1, 0.15) is 39.7 Å². The highest BCUT2D eigenvalue weighted by Crippen LogP contribution is 2.35. The molecule has 2 atom stereocenters. The van der Waals surface area contributed by atoms with Gasteiger partial charge in [0.05, 0.1) is 11.7 Å². The Kier molecular flexibility index (Phi) is 8.30. The fourth-order valence-electron chi connectivity index (χ4n) is 2.65. The van der Waals surface area contributed by atoms with Crippen molar-refractivity contribution in [3.63, 3.8) is 0 Å². The van der Waals surface area contributed by atoms with Gasteiger partial charge in [-0.1, -0.05) is 26.0 Å². The first-order valence-corrected chi connectivity index (χ1v) is 7.44. The van der Waals surface area contributed by atoms with Crippen LogP contribution in [-0.2, 0) is 5.60 Å². The minimum atomic E-state index is -0.819. The van der Waals surface area contributed by atoms with E-state index in [1.807, 2.05) is 59.1 Å². The molecule has 1 aromatic carbocycles. The number of hydrogen-bond acceptors (Lipinski definition) is 3. The molecule has 0 heterocycles. The fraction of sp³-hybridized carbons (Fsp3) is 0.647. The van der Waals surface area contributed by atoms with Crippen molar-refractivity contribution in [2.24, 2.45) is 5.92 Å². The van der Waals surface area contributed by atoms with E-state index in [4.69, 9.17) is 4.74 Å². The maximum absolute atomic E-state index is 11.1. The highest BCUT2D eigenvalue weighted by Gasteiger charge is 2.34. The lowest BCUT2D eigenvalue weighted by atomic mass is 9.80. The van der Waals surface area contributed by atoms with Crippen LogP contribution in [0.3, 0.4) is 0 Å². The van der Waals surface area contributed by atoms with Crippen LogP contribution < -0.4 is 4.74 Å². The van der Waals surface area contributed by atoms with E-state index in [-0.39, 0.29) is 24.4 Å². The monoisotopic (exact) mass is 315 g/mol. The molecule has 1 aromatic rings. The van der Waals surface area contributed by atoms with Crippen LogP contribution in [0.15, 0.2) is 24.3 Å². The first kappa shape index (κ1) is 20.2. The Labute approximate surface area is 135 Å². The van der Waals surface area contributed by atoms with Crippen molar-refractivity contribution in [2.45, 2.75) is 45.8 Å². The minimum Gasteiger partial charge on any atom is -0.491 e. The van der Waals surface area contributed by atoms with Crippen molar-refractivity contribution in [2.75, 3.05) is 20.6 Å². The minimum absolute atomic E-state index is 0. The molecule has 1 N–H and O–H groups in total. The quantitative estimate of drug-likeness (QED) is 0.833. The largest absolute Gasteiger partial charge is 0.491 e. The second-order valence-electron chi connectivity index (χ2n) is 6.14. The average molecular weight is 316 g/mol. The summed E-state index contributed by atoms with van der Waals surface area (Å²) >= 11 is 0. The maximum atomic E-state index is 11.1. The van der Waals surface area contributed by atoms with E-state index < -0.39 is 5.60 Å².